The number of pyridine rings is 1. The quantitative estimate of drug-likeness (QED) is 0.0688. The molecule has 1 heterocycles. The number of carbonyl (C=O) groups excluding carboxylic acids is 2. The minimum atomic E-state index is -0.494. The van der Waals surface area contributed by atoms with Crippen LogP contribution in [0.4, 0.5) is 5.69 Å². The number of rotatable bonds is 17. The predicted molar refractivity (Wildman–Crippen MR) is 179 cm³/mol. The van der Waals surface area contributed by atoms with Crippen LogP contribution in [0.2, 0.25) is 0 Å². The van der Waals surface area contributed by atoms with E-state index in [9.17, 15) is 9.59 Å². The third-order valence-corrected chi connectivity index (χ3v) is 7.51. The molecule has 0 fully saturated rings. The number of unbranched alkanes of at least 4 members (excludes halogenated alkanes) is 5. The Bertz CT molecular complexity index is 1540. The molecular weight excluding hydrogens is 660 g/mol. The van der Waals surface area contributed by atoms with Crippen LogP contribution in [-0.4, -0.2) is 39.2 Å². The Morgan fingerprint density at radius 1 is 0.660 bits per heavy atom. The Hall–Kier alpha value is -4.37. The van der Waals surface area contributed by atoms with Crippen LogP contribution in [0, 0.1) is 6.92 Å². The highest BCUT2D eigenvalue weighted by Gasteiger charge is 2.14. The maximum absolute atomic E-state index is 12.8. The number of anilines is 1. The van der Waals surface area contributed by atoms with Gasteiger partial charge in [0.1, 0.15) is 29.6 Å². The van der Waals surface area contributed by atoms with Crippen molar-refractivity contribution in [3.05, 3.63) is 108 Å². The second kappa shape index (κ2) is 19.3. The number of aromatic nitrogens is 1. The van der Waals surface area contributed by atoms with Crippen LogP contribution < -0.4 is 45.4 Å². The maximum atomic E-state index is 12.8. The van der Waals surface area contributed by atoms with Gasteiger partial charge in [-0.2, -0.15) is 0 Å². The van der Waals surface area contributed by atoms with Gasteiger partial charge in [0.05, 0.1) is 17.7 Å². The Morgan fingerprint density at radius 2 is 1.19 bits per heavy atom. The van der Waals surface area contributed by atoms with Gasteiger partial charge in [-0.25, -0.2) is 14.2 Å². The first-order chi connectivity index (χ1) is 22.3. The number of hydrogen-bond donors (Lipinski definition) is 0. The van der Waals surface area contributed by atoms with Crippen molar-refractivity contribution >= 4 is 17.6 Å². The van der Waals surface area contributed by atoms with Crippen LogP contribution in [0.5, 0.6) is 23.0 Å². The third kappa shape index (κ3) is 12.1. The zero-order chi connectivity index (χ0) is 32.7. The minimum Gasteiger partial charge on any atom is -1.00 e. The Balaban J connectivity index is 0.00000600. The highest BCUT2D eigenvalue weighted by atomic mass is 79.9. The second-order valence-corrected chi connectivity index (χ2v) is 11.4. The monoisotopic (exact) mass is 704 g/mol. The zero-order valence-corrected chi connectivity index (χ0v) is 29.3. The van der Waals surface area contributed by atoms with Crippen molar-refractivity contribution < 1.29 is 50.1 Å². The molecule has 0 atom stereocenters. The van der Waals surface area contributed by atoms with Crippen LogP contribution in [0.15, 0.2) is 91.3 Å². The molecule has 0 aliphatic heterocycles. The molecule has 0 bridgehead atoms. The molecule has 9 heteroatoms. The summed E-state index contributed by atoms with van der Waals surface area (Å²) in [5.74, 6) is 1.17. The first kappa shape index (κ1) is 37.1. The van der Waals surface area contributed by atoms with E-state index >= 15 is 0 Å². The Labute approximate surface area is 289 Å². The number of halogens is 1. The van der Waals surface area contributed by atoms with Gasteiger partial charge in [-0.15, -0.1) is 0 Å². The van der Waals surface area contributed by atoms with Gasteiger partial charge in [0.2, 0.25) is 0 Å². The van der Waals surface area contributed by atoms with Crippen LogP contribution in [0.1, 0.15) is 71.7 Å². The molecule has 3 aromatic carbocycles. The van der Waals surface area contributed by atoms with Crippen molar-refractivity contribution in [2.45, 2.75) is 58.9 Å². The van der Waals surface area contributed by atoms with Gasteiger partial charge in [-0.1, -0.05) is 39.0 Å². The molecule has 0 aliphatic carbocycles. The van der Waals surface area contributed by atoms with E-state index in [1.165, 1.54) is 25.7 Å². The number of carbonyl (C=O) groups is 2. The fraction of sp³-hybridized carbons (Fsp3) is 0.342. The summed E-state index contributed by atoms with van der Waals surface area (Å²) in [7, 11) is 4.02. The van der Waals surface area contributed by atoms with Crippen molar-refractivity contribution in [1.82, 2.24) is 0 Å². The number of ether oxygens (including phenoxy) is 4. The topological polar surface area (TPSA) is 78.2 Å². The summed E-state index contributed by atoms with van der Waals surface area (Å²) in [5.41, 5.74) is 2.62. The molecule has 250 valence electrons. The molecule has 0 saturated heterocycles. The average molecular weight is 706 g/mol. The van der Waals surface area contributed by atoms with Gasteiger partial charge in [-0.3, -0.25) is 0 Å². The summed E-state index contributed by atoms with van der Waals surface area (Å²) in [6.45, 7) is 5.86. The first-order valence-corrected chi connectivity index (χ1v) is 16.0. The Kier molecular flexibility index (Phi) is 15.3. The Morgan fingerprint density at radius 3 is 1.77 bits per heavy atom. The molecule has 0 unspecified atom stereocenters. The number of aryl methyl sites for hydroxylation is 1. The van der Waals surface area contributed by atoms with Crippen molar-refractivity contribution in [3.8, 4) is 23.0 Å². The molecule has 0 spiro atoms. The van der Waals surface area contributed by atoms with Crippen LogP contribution in [0.3, 0.4) is 0 Å². The van der Waals surface area contributed by atoms with E-state index in [1.54, 1.807) is 73.7 Å². The third-order valence-electron chi connectivity index (χ3n) is 7.51. The van der Waals surface area contributed by atoms with Crippen molar-refractivity contribution in [1.29, 1.82) is 0 Å². The summed E-state index contributed by atoms with van der Waals surface area (Å²) in [5, 5.41) is 0. The van der Waals surface area contributed by atoms with E-state index in [-0.39, 0.29) is 17.0 Å². The first-order valence-electron chi connectivity index (χ1n) is 16.0. The normalized spacial score (nSPS) is 10.5. The molecule has 0 saturated carbocycles. The van der Waals surface area contributed by atoms with Crippen molar-refractivity contribution in [2.75, 3.05) is 32.2 Å². The lowest BCUT2D eigenvalue weighted by Gasteiger charge is -2.11. The van der Waals surface area contributed by atoms with Gasteiger partial charge in [0, 0.05) is 31.9 Å². The average Bonchev–Trinajstić information content (AvgIpc) is 3.06. The summed E-state index contributed by atoms with van der Waals surface area (Å²) in [4.78, 5) is 27.6. The lowest BCUT2D eigenvalue weighted by Crippen LogP contribution is -3.00. The van der Waals surface area contributed by atoms with E-state index in [2.05, 4.69) is 28.5 Å². The van der Waals surface area contributed by atoms with E-state index < -0.39 is 11.9 Å². The van der Waals surface area contributed by atoms with Crippen molar-refractivity contribution in [2.24, 2.45) is 0 Å². The van der Waals surface area contributed by atoms with Gasteiger partial charge in [0.25, 0.3) is 0 Å². The molecule has 0 radical (unpaired) electrons. The standard InChI is InChI=1S/C38H45N2O6.BrH/c1-5-6-7-8-9-10-26-43-33-15-13-31(14-16-33)38(42)46-36-20-19-35(28-29(36)2)45-37(41)30-11-17-34(18-12-30)44-27-25-40-23-21-32(22-24-40)39(3)4;/h11-24,28H,5-10,25-27H2,1-4H3;1H/q+1;/p-1. The minimum absolute atomic E-state index is 0. The van der Waals surface area contributed by atoms with Gasteiger partial charge in [-0.05, 0) is 85.6 Å². The SMILES string of the molecule is CCCCCCCCOc1ccc(C(=O)Oc2ccc(OC(=O)c3ccc(OCC[n+]4ccc(N(C)C)cc4)cc3)cc2C)cc1.[Br-]. The van der Waals surface area contributed by atoms with E-state index in [0.717, 1.165) is 24.3 Å². The number of benzene rings is 3. The van der Waals surface area contributed by atoms with Crippen LogP contribution >= 0.6 is 0 Å². The van der Waals surface area contributed by atoms with Gasteiger partial charge < -0.3 is 40.8 Å². The van der Waals surface area contributed by atoms with Gasteiger partial charge in [0.15, 0.2) is 18.9 Å². The van der Waals surface area contributed by atoms with Crippen molar-refractivity contribution in [3.63, 3.8) is 0 Å². The molecule has 0 amide bonds. The molecule has 4 aromatic rings. The molecule has 0 aliphatic rings. The summed E-state index contributed by atoms with van der Waals surface area (Å²) >= 11 is 0. The lowest BCUT2D eigenvalue weighted by atomic mass is 10.1. The van der Waals surface area contributed by atoms with Crippen LogP contribution in [-0.2, 0) is 6.54 Å². The fourth-order valence-corrected chi connectivity index (χ4v) is 4.74. The number of esters is 2. The highest BCUT2D eigenvalue weighted by molar-refractivity contribution is 5.92. The van der Waals surface area contributed by atoms with E-state index in [4.69, 9.17) is 18.9 Å². The lowest BCUT2D eigenvalue weighted by molar-refractivity contribution is -0.697. The summed E-state index contributed by atoms with van der Waals surface area (Å²) in [6, 6.07) is 22.8. The highest BCUT2D eigenvalue weighted by Crippen LogP contribution is 2.26. The van der Waals surface area contributed by atoms with E-state index in [0.29, 0.717) is 53.7 Å². The zero-order valence-electron chi connectivity index (χ0n) is 27.7. The molecule has 4 rings (SSSR count). The maximum Gasteiger partial charge on any atom is 0.343 e. The largest absolute Gasteiger partial charge is 1.00 e. The molecule has 47 heavy (non-hydrogen) atoms. The molecule has 0 N–H and O–H groups in total. The van der Waals surface area contributed by atoms with Crippen LogP contribution in [0.25, 0.3) is 0 Å². The summed E-state index contributed by atoms with van der Waals surface area (Å²) < 4.78 is 24.9. The molecule has 8 nitrogen and oxygen atoms in total. The second-order valence-electron chi connectivity index (χ2n) is 11.4. The predicted octanol–water partition coefficient (Wildman–Crippen LogP) is 4.61. The van der Waals surface area contributed by atoms with Gasteiger partial charge >= 0.3 is 11.9 Å². The van der Waals surface area contributed by atoms with E-state index in [1.807, 2.05) is 26.5 Å². The smallest absolute Gasteiger partial charge is 0.343 e. The molecule has 1 aromatic heterocycles. The number of hydrogen-bond acceptors (Lipinski definition) is 7. The molecular formula is C38H45BrN2O6. The number of nitrogens with zero attached hydrogens (tertiary/aromatic N) is 2. The summed E-state index contributed by atoms with van der Waals surface area (Å²) in [6.07, 6.45) is 11.3. The fourth-order valence-electron chi connectivity index (χ4n) is 4.74.